The molecule has 6 rings (SSSR count). The summed E-state index contributed by atoms with van der Waals surface area (Å²) >= 11 is 0. The zero-order chi connectivity index (χ0) is 33.8. The molecule has 2 saturated heterocycles. The first-order valence-corrected chi connectivity index (χ1v) is 15.9. The zero-order valence-corrected chi connectivity index (χ0v) is 27.2. The molecule has 2 aliphatic heterocycles. The number of hydrogen-bond acceptors (Lipinski definition) is 9. The first-order chi connectivity index (χ1) is 23.2. The van der Waals surface area contributed by atoms with Gasteiger partial charge in [0.05, 0.1) is 37.3 Å². The van der Waals surface area contributed by atoms with Gasteiger partial charge in [-0.15, -0.1) is 0 Å². The number of ether oxygens (including phenoxy) is 2. The lowest BCUT2D eigenvalue weighted by Crippen LogP contribution is -2.56. The fourth-order valence-electron chi connectivity index (χ4n) is 5.67. The van der Waals surface area contributed by atoms with Gasteiger partial charge in [0.25, 0.3) is 5.91 Å². The number of aliphatic imine (C=N–C) groups is 1. The van der Waals surface area contributed by atoms with Crippen LogP contribution in [0.15, 0.2) is 83.1 Å². The highest BCUT2D eigenvalue weighted by Crippen LogP contribution is 2.32. The predicted octanol–water partition coefficient (Wildman–Crippen LogP) is 5.57. The lowest BCUT2D eigenvalue weighted by molar-refractivity contribution is -0.0661. The molecule has 2 fully saturated rings. The van der Waals surface area contributed by atoms with Gasteiger partial charge < -0.3 is 24.3 Å². The molecule has 0 aliphatic carbocycles. The predicted molar refractivity (Wildman–Crippen MR) is 185 cm³/mol. The van der Waals surface area contributed by atoms with Crippen molar-refractivity contribution < 1.29 is 18.7 Å². The van der Waals surface area contributed by atoms with Gasteiger partial charge in [0.1, 0.15) is 34.5 Å². The molecule has 3 aromatic heterocycles. The van der Waals surface area contributed by atoms with Crippen LogP contribution >= 0.6 is 0 Å². The van der Waals surface area contributed by atoms with E-state index in [2.05, 4.69) is 36.8 Å². The maximum absolute atomic E-state index is 13.5. The number of allylic oxidation sites excluding steroid dienone is 1. The van der Waals surface area contributed by atoms with Crippen molar-refractivity contribution >= 4 is 35.7 Å². The summed E-state index contributed by atoms with van der Waals surface area (Å²) in [6.07, 6.45) is 8.22. The number of rotatable bonds is 10. The van der Waals surface area contributed by atoms with Crippen molar-refractivity contribution in [2.45, 2.75) is 32.9 Å². The number of aromatic nitrogens is 3. The van der Waals surface area contributed by atoms with E-state index in [0.29, 0.717) is 34.4 Å². The summed E-state index contributed by atoms with van der Waals surface area (Å²) in [6, 6.07) is 11.3. The largest absolute Gasteiger partial charge is 0.455 e. The van der Waals surface area contributed by atoms with E-state index in [4.69, 9.17) is 9.47 Å². The topological polar surface area (TPSA) is 114 Å². The highest BCUT2D eigenvalue weighted by molar-refractivity contribution is 6.04. The Morgan fingerprint density at radius 2 is 1.81 bits per heavy atom. The summed E-state index contributed by atoms with van der Waals surface area (Å²) in [7, 11) is 0. The van der Waals surface area contributed by atoms with Crippen molar-refractivity contribution in [3.8, 4) is 16.9 Å². The van der Waals surface area contributed by atoms with Gasteiger partial charge in [-0.2, -0.15) is 0 Å². The third-order valence-corrected chi connectivity index (χ3v) is 8.59. The molecule has 48 heavy (non-hydrogen) atoms. The van der Waals surface area contributed by atoms with Crippen LogP contribution < -0.4 is 20.4 Å². The summed E-state index contributed by atoms with van der Waals surface area (Å²) in [5, 5.41) is 2.72. The Labute approximate surface area is 278 Å². The summed E-state index contributed by atoms with van der Waals surface area (Å²) in [4.78, 5) is 44.6. The first-order valence-electron chi connectivity index (χ1n) is 15.9. The molecule has 1 amide bonds. The zero-order valence-electron chi connectivity index (χ0n) is 27.2. The molecule has 0 unspecified atom stereocenters. The van der Waals surface area contributed by atoms with Crippen LogP contribution in [-0.4, -0.2) is 77.5 Å². The number of hydrogen-bond donors (Lipinski definition) is 1. The number of nitrogens with zero attached hydrogens (tertiary/aromatic N) is 6. The summed E-state index contributed by atoms with van der Waals surface area (Å²) in [6.45, 7) is 14.7. The normalized spacial score (nSPS) is 15.7. The molecule has 0 atom stereocenters. The van der Waals surface area contributed by atoms with Crippen molar-refractivity contribution in [3.63, 3.8) is 0 Å². The van der Waals surface area contributed by atoms with Crippen LogP contribution in [0.1, 0.15) is 42.7 Å². The molecule has 5 heterocycles. The van der Waals surface area contributed by atoms with Crippen LogP contribution in [0, 0.1) is 5.82 Å². The third kappa shape index (κ3) is 7.04. The van der Waals surface area contributed by atoms with Gasteiger partial charge in [-0.3, -0.25) is 19.5 Å². The smallest absolute Gasteiger partial charge is 0.262 e. The average Bonchev–Trinajstić information content (AvgIpc) is 3.07. The second kappa shape index (κ2) is 14.3. The molecular weight excluding hydrogens is 613 g/mol. The molecule has 0 saturated carbocycles. The Hall–Kier alpha value is -5.20. The van der Waals surface area contributed by atoms with Gasteiger partial charge in [0.2, 0.25) is 5.43 Å². The fourth-order valence-corrected chi connectivity index (χ4v) is 5.67. The minimum atomic E-state index is -0.610. The Bertz CT molecular complexity index is 1880. The van der Waals surface area contributed by atoms with E-state index in [1.165, 1.54) is 36.7 Å². The Morgan fingerprint density at radius 1 is 1.06 bits per heavy atom. The van der Waals surface area contributed by atoms with Gasteiger partial charge in [0, 0.05) is 55.7 Å². The van der Waals surface area contributed by atoms with Gasteiger partial charge in [-0.25, -0.2) is 14.4 Å². The monoisotopic (exact) mass is 651 g/mol. The lowest BCUT2D eigenvalue weighted by atomic mass is 10.0. The summed E-state index contributed by atoms with van der Waals surface area (Å²) in [5.41, 5.74) is 1.62. The van der Waals surface area contributed by atoms with Crippen LogP contribution in [0.3, 0.4) is 0 Å². The minimum absolute atomic E-state index is 0.0299. The van der Waals surface area contributed by atoms with Gasteiger partial charge in [-0.1, -0.05) is 12.1 Å². The number of halogens is 1. The number of piperazine rings is 1. The maximum Gasteiger partial charge on any atom is 0.262 e. The summed E-state index contributed by atoms with van der Waals surface area (Å²) < 4.78 is 26.9. The minimum Gasteiger partial charge on any atom is -0.455 e. The standard InChI is InChI=1S/C36H38FN7O4/c1-5-32(28-16-34(40-18-31(28)38-4)43-14-12-42(13-15-43)26-21-47-22-26)48-27-10-11-33(39-17-27)41-36(46)30-20-44(23(2)3)19-29(35(30)45)24-6-8-25(37)9-7-24/h5-11,16-20,23,26H,4,12-15,21-22H2,1-3H3,(H,39,41,46)/b32-5+. The third-order valence-electron chi connectivity index (χ3n) is 8.59. The van der Waals surface area contributed by atoms with Crippen molar-refractivity contribution in [1.29, 1.82) is 0 Å². The molecule has 0 spiro atoms. The van der Waals surface area contributed by atoms with E-state index in [-0.39, 0.29) is 17.4 Å². The Balaban J connectivity index is 1.16. The van der Waals surface area contributed by atoms with Crippen molar-refractivity contribution in [2.75, 3.05) is 49.6 Å². The molecule has 248 valence electrons. The van der Waals surface area contributed by atoms with Crippen LogP contribution in [-0.2, 0) is 4.74 Å². The average molecular weight is 652 g/mol. The molecule has 1 N–H and O–H groups in total. The van der Waals surface area contributed by atoms with E-state index < -0.39 is 17.2 Å². The molecular formula is C36H38FN7O4. The number of nitrogens with one attached hydrogen (secondary N) is 1. The van der Waals surface area contributed by atoms with Gasteiger partial charge in [-0.05, 0) is 69.5 Å². The van der Waals surface area contributed by atoms with E-state index in [1.807, 2.05) is 32.9 Å². The van der Waals surface area contributed by atoms with Crippen molar-refractivity contribution in [2.24, 2.45) is 4.99 Å². The second-order valence-corrected chi connectivity index (χ2v) is 12.0. The number of carbonyl (C=O) groups is 1. The summed E-state index contributed by atoms with van der Waals surface area (Å²) in [5.74, 6) is 1.04. The molecule has 0 radical (unpaired) electrons. The number of amides is 1. The Kier molecular flexibility index (Phi) is 9.74. The van der Waals surface area contributed by atoms with Gasteiger partial charge in [0.15, 0.2) is 0 Å². The van der Waals surface area contributed by atoms with Crippen LogP contribution in [0.2, 0.25) is 0 Å². The van der Waals surface area contributed by atoms with Crippen LogP contribution in [0.4, 0.5) is 21.7 Å². The first kappa shape index (κ1) is 32.7. The number of benzene rings is 1. The molecule has 1 aromatic carbocycles. The van der Waals surface area contributed by atoms with E-state index in [1.54, 1.807) is 29.1 Å². The quantitative estimate of drug-likeness (QED) is 0.175. The number of anilines is 2. The molecule has 2 aliphatic rings. The van der Waals surface area contributed by atoms with Crippen molar-refractivity contribution in [1.82, 2.24) is 19.4 Å². The van der Waals surface area contributed by atoms with Crippen LogP contribution in [0.5, 0.6) is 5.75 Å². The van der Waals surface area contributed by atoms with Crippen LogP contribution in [0.25, 0.3) is 16.9 Å². The fraction of sp³-hybridized carbons (Fsp3) is 0.306. The SMILES string of the molecule is C=Nc1cnc(N2CCN(C3COC3)CC2)cc1/C(=C\C)Oc1ccc(NC(=O)c2cn(C(C)C)cc(-c3ccc(F)cc3)c2=O)nc1. The second-order valence-electron chi connectivity index (χ2n) is 12.0. The van der Waals surface area contributed by atoms with Crippen molar-refractivity contribution in [3.05, 3.63) is 100 Å². The maximum atomic E-state index is 13.5. The van der Waals surface area contributed by atoms with E-state index in [9.17, 15) is 14.0 Å². The number of carbonyl (C=O) groups excluding carboxylic acids is 1. The van der Waals surface area contributed by atoms with E-state index in [0.717, 1.165) is 50.8 Å². The van der Waals surface area contributed by atoms with E-state index >= 15 is 0 Å². The van der Waals surface area contributed by atoms with Gasteiger partial charge >= 0.3 is 0 Å². The highest BCUT2D eigenvalue weighted by atomic mass is 19.1. The molecule has 4 aromatic rings. The Morgan fingerprint density at radius 3 is 2.42 bits per heavy atom. The number of pyridine rings is 3. The molecule has 0 bridgehead atoms. The molecule has 12 heteroatoms. The lowest BCUT2D eigenvalue weighted by Gasteiger charge is -2.42. The molecule has 11 nitrogen and oxygen atoms in total. The highest BCUT2D eigenvalue weighted by Gasteiger charge is 2.29.